The fourth-order valence-corrected chi connectivity index (χ4v) is 2.48. The largest absolute Gasteiger partial charge is 0.459 e. The molecule has 2 aromatic rings. The van der Waals surface area contributed by atoms with E-state index in [1.165, 1.54) is 0 Å². The van der Waals surface area contributed by atoms with Crippen molar-refractivity contribution in [1.29, 1.82) is 0 Å². The van der Waals surface area contributed by atoms with Crippen molar-refractivity contribution < 1.29 is 14.3 Å². The number of hydrogen-bond donors (Lipinski definition) is 2. The molecule has 0 fully saturated rings. The number of rotatable bonds is 6. The predicted octanol–water partition coefficient (Wildman–Crippen LogP) is 3.12. The fourth-order valence-electron chi connectivity index (χ4n) is 2.48. The number of nitrogens with one attached hydrogen (secondary N) is 1. The molecule has 2 atom stereocenters. The number of para-hydroxylation sites is 1. The summed E-state index contributed by atoms with van der Waals surface area (Å²) in [7, 11) is 1.59. The van der Waals surface area contributed by atoms with Gasteiger partial charge < -0.3 is 19.6 Å². The van der Waals surface area contributed by atoms with Crippen molar-refractivity contribution >= 4 is 11.0 Å². The van der Waals surface area contributed by atoms with E-state index >= 15 is 0 Å². The van der Waals surface area contributed by atoms with E-state index in [2.05, 4.69) is 32.2 Å². The van der Waals surface area contributed by atoms with Crippen LogP contribution in [0.25, 0.3) is 11.0 Å². The highest BCUT2D eigenvalue weighted by molar-refractivity contribution is 5.77. The summed E-state index contributed by atoms with van der Waals surface area (Å²) in [5.74, 6) is 0.897. The minimum atomic E-state index is -0.524. The van der Waals surface area contributed by atoms with Crippen LogP contribution >= 0.6 is 0 Å². The zero-order valence-electron chi connectivity index (χ0n) is 13.2. The number of ether oxygens (including phenoxy) is 1. The lowest BCUT2D eigenvalue weighted by atomic mass is 9.85. The molecule has 0 spiro atoms. The molecule has 2 unspecified atom stereocenters. The predicted molar refractivity (Wildman–Crippen MR) is 84.3 cm³/mol. The zero-order valence-corrected chi connectivity index (χ0v) is 13.2. The van der Waals surface area contributed by atoms with Gasteiger partial charge in [0.15, 0.2) is 0 Å². The van der Waals surface area contributed by atoms with Gasteiger partial charge in [-0.05, 0) is 17.5 Å². The van der Waals surface area contributed by atoms with Gasteiger partial charge in [-0.25, -0.2) is 0 Å². The molecule has 0 aliphatic carbocycles. The molecule has 4 nitrogen and oxygen atoms in total. The monoisotopic (exact) mass is 291 g/mol. The Labute approximate surface area is 126 Å². The Hall–Kier alpha value is -1.36. The molecule has 0 saturated heterocycles. The van der Waals surface area contributed by atoms with E-state index in [4.69, 9.17) is 9.15 Å². The lowest BCUT2D eigenvalue weighted by Gasteiger charge is -2.30. The Bertz CT molecular complexity index is 538. The minimum absolute atomic E-state index is 0.0245. The van der Waals surface area contributed by atoms with Crippen LogP contribution in [0.3, 0.4) is 0 Å². The SMILES string of the molecule is COCC(O)CNC(c1cc2ccccc2o1)C(C)(C)C. The number of fused-ring (bicyclic) bond motifs is 1. The summed E-state index contributed by atoms with van der Waals surface area (Å²) in [5, 5.41) is 14.3. The van der Waals surface area contributed by atoms with E-state index in [1.807, 2.05) is 24.3 Å². The van der Waals surface area contributed by atoms with Gasteiger partial charge in [0.1, 0.15) is 11.3 Å². The normalized spacial score (nSPS) is 15.3. The highest BCUT2D eigenvalue weighted by Gasteiger charge is 2.29. The van der Waals surface area contributed by atoms with Crippen LogP contribution in [0.5, 0.6) is 0 Å². The summed E-state index contributed by atoms with van der Waals surface area (Å²) in [4.78, 5) is 0. The van der Waals surface area contributed by atoms with Crippen LogP contribution < -0.4 is 5.32 Å². The van der Waals surface area contributed by atoms with Crippen molar-refractivity contribution in [3.8, 4) is 0 Å². The summed E-state index contributed by atoms with van der Waals surface area (Å²) in [6.45, 7) is 7.25. The molecule has 0 amide bonds. The maximum Gasteiger partial charge on any atom is 0.134 e. The van der Waals surface area contributed by atoms with Crippen molar-refractivity contribution in [2.45, 2.75) is 32.9 Å². The number of aliphatic hydroxyl groups excluding tert-OH is 1. The first-order valence-electron chi connectivity index (χ1n) is 7.30. The summed E-state index contributed by atoms with van der Waals surface area (Å²) in [5.41, 5.74) is 0.863. The summed E-state index contributed by atoms with van der Waals surface area (Å²) >= 11 is 0. The molecule has 0 aliphatic heterocycles. The Balaban J connectivity index is 2.19. The first kappa shape index (κ1) is 16.0. The van der Waals surface area contributed by atoms with Crippen molar-refractivity contribution in [2.75, 3.05) is 20.3 Å². The third kappa shape index (κ3) is 4.06. The quantitative estimate of drug-likeness (QED) is 0.858. The van der Waals surface area contributed by atoms with Crippen LogP contribution in [0.2, 0.25) is 0 Å². The molecule has 2 rings (SSSR count). The van der Waals surface area contributed by atoms with E-state index in [0.29, 0.717) is 13.2 Å². The Morgan fingerprint density at radius 1 is 1.29 bits per heavy atom. The molecular weight excluding hydrogens is 266 g/mol. The van der Waals surface area contributed by atoms with Crippen LogP contribution in [0.15, 0.2) is 34.7 Å². The number of methoxy groups -OCH3 is 1. The molecule has 1 aromatic heterocycles. The zero-order chi connectivity index (χ0) is 15.5. The second kappa shape index (κ2) is 6.60. The molecule has 4 heteroatoms. The molecule has 1 aromatic carbocycles. The van der Waals surface area contributed by atoms with Gasteiger partial charge in [0.25, 0.3) is 0 Å². The van der Waals surface area contributed by atoms with Gasteiger partial charge in [0.05, 0.1) is 18.8 Å². The van der Waals surface area contributed by atoms with Gasteiger partial charge in [0.2, 0.25) is 0 Å². The Kier molecular flexibility index (Phi) is 5.04. The first-order chi connectivity index (χ1) is 9.91. The number of aliphatic hydroxyl groups is 1. The molecule has 116 valence electrons. The molecular formula is C17H25NO3. The molecule has 0 saturated carbocycles. The van der Waals surface area contributed by atoms with E-state index in [-0.39, 0.29) is 11.5 Å². The molecule has 0 radical (unpaired) electrons. The van der Waals surface area contributed by atoms with E-state index in [0.717, 1.165) is 16.7 Å². The lowest BCUT2D eigenvalue weighted by Crippen LogP contribution is -2.38. The number of furan rings is 1. The number of hydrogen-bond acceptors (Lipinski definition) is 4. The van der Waals surface area contributed by atoms with Crippen LogP contribution in [-0.4, -0.2) is 31.5 Å². The summed E-state index contributed by atoms with van der Waals surface area (Å²) in [6, 6.07) is 10.1. The van der Waals surface area contributed by atoms with Crippen molar-refractivity contribution in [3.05, 3.63) is 36.1 Å². The second-order valence-corrected chi connectivity index (χ2v) is 6.50. The topological polar surface area (TPSA) is 54.6 Å². The minimum Gasteiger partial charge on any atom is -0.459 e. The van der Waals surface area contributed by atoms with Crippen molar-refractivity contribution in [1.82, 2.24) is 5.32 Å². The Morgan fingerprint density at radius 3 is 2.62 bits per heavy atom. The van der Waals surface area contributed by atoms with E-state index < -0.39 is 6.10 Å². The van der Waals surface area contributed by atoms with Gasteiger partial charge in [-0.15, -0.1) is 0 Å². The molecule has 0 aliphatic rings. The smallest absolute Gasteiger partial charge is 0.134 e. The van der Waals surface area contributed by atoms with E-state index in [9.17, 15) is 5.11 Å². The van der Waals surface area contributed by atoms with Gasteiger partial charge in [-0.3, -0.25) is 0 Å². The maximum absolute atomic E-state index is 9.83. The van der Waals surface area contributed by atoms with Gasteiger partial charge >= 0.3 is 0 Å². The molecule has 2 N–H and O–H groups in total. The first-order valence-corrected chi connectivity index (χ1v) is 7.30. The van der Waals surface area contributed by atoms with Gasteiger partial charge in [-0.1, -0.05) is 39.0 Å². The molecule has 0 bridgehead atoms. The standard InChI is InChI=1S/C17H25NO3/c1-17(2,3)16(18-10-13(19)11-20-4)15-9-12-7-5-6-8-14(12)21-15/h5-9,13,16,18-19H,10-11H2,1-4H3. The Morgan fingerprint density at radius 2 is 2.00 bits per heavy atom. The summed E-state index contributed by atoms with van der Waals surface area (Å²) in [6.07, 6.45) is -0.524. The van der Waals surface area contributed by atoms with Crippen molar-refractivity contribution in [2.24, 2.45) is 5.41 Å². The lowest BCUT2D eigenvalue weighted by molar-refractivity contribution is 0.0581. The molecule has 1 heterocycles. The van der Waals surface area contributed by atoms with Crippen LogP contribution in [0, 0.1) is 5.41 Å². The van der Waals surface area contributed by atoms with Crippen molar-refractivity contribution in [3.63, 3.8) is 0 Å². The third-order valence-corrected chi connectivity index (χ3v) is 3.51. The average molecular weight is 291 g/mol. The van der Waals surface area contributed by atoms with Crippen LogP contribution in [-0.2, 0) is 4.74 Å². The van der Waals surface area contributed by atoms with E-state index in [1.54, 1.807) is 7.11 Å². The maximum atomic E-state index is 9.83. The fraction of sp³-hybridized carbons (Fsp3) is 0.529. The summed E-state index contributed by atoms with van der Waals surface area (Å²) < 4.78 is 10.9. The number of benzene rings is 1. The second-order valence-electron chi connectivity index (χ2n) is 6.50. The average Bonchev–Trinajstić information content (AvgIpc) is 2.80. The van der Waals surface area contributed by atoms with Crippen LogP contribution in [0.4, 0.5) is 0 Å². The highest BCUT2D eigenvalue weighted by Crippen LogP contribution is 2.35. The van der Waals surface area contributed by atoms with Crippen LogP contribution in [0.1, 0.15) is 32.6 Å². The van der Waals surface area contributed by atoms with Gasteiger partial charge in [-0.2, -0.15) is 0 Å². The third-order valence-electron chi connectivity index (χ3n) is 3.51. The highest BCUT2D eigenvalue weighted by atomic mass is 16.5. The molecule has 21 heavy (non-hydrogen) atoms. The van der Waals surface area contributed by atoms with Gasteiger partial charge in [0, 0.05) is 19.0 Å².